The molecule has 4 aromatic carbocycles. The molecule has 0 bridgehead atoms. The molecule has 3 nitrogen and oxygen atoms in total. The molecule has 0 spiro atoms. The van der Waals surface area contributed by atoms with E-state index >= 15 is 0 Å². The quantitative estimate of drug-likeness (QED) is 0.324. The highest BCUT2D eigenvalue weighted by molar-refractivity contribution is 5.48. The summed E-state index contributed by atoms with van der Waals surface area (Å²) < 4.78 is 0. The maximum Gasteiger partial charge on any atom is 0.148 e. The Morgan fingerprint density at radius 2 is 0.897 bits per heavy atom. The molecule has 3 heteroatoms. The van der Waals surface area contributed by atoms with Crippen LogP contribution >= 0.6 is 0 Å². The summed E-state index contributed by atoms with van der Waals surface area (Å²) >= 11 is 0. The van der Waals surface area contributed by atoms with Crippen molar-refractivity contribution in [3.8, 4) is 0 Å². The molecule has 0 aromatic heterocycles. The van der Waals surface area contributed by atoms with E-state index in [1.165, 1.54) is 0 Å². The summed E-state index contributed by atoms with van der Waals surface area (Å²) in [4.78, 5) is 5.95. The molecule has 0 fully saturated rings. The van der Waals surface area contributed by atoms with Gasteiger partial charge in [-0.15, -0.1) is 0 Å². The van der Waals surface area contributed by atoms with Crippen LogP contribution in [0.3, 0.4) is 0 Å². The van der Waals surface area contributed by atoms with Gasteiger partial charge in [0.15, 0.2) is 0 Å². The summed E-state index contributed by atoms with van der Waals surface area (Å²) in [5, 5.41) is 12.4. The summed E-state index contributed by atoms with van der Waals surface area (Å²) in [5.41, 5.74) is 2.70. The van der Waals surface area contributed by atoms with Crippen LogP contribution in [0.2, 0.25) is 0 Å². The zero-order valence-electron chi connectivity index (χ0n) is 16.1. The van der Waals surface area contributed by atoms with Crippen LogP contribution in [0.25, 0.3) is 0 Å². The smallest absolute Gasteiger partial charge is 0.148 e. The second-order valence-electron chi connectivity index (χ2n) is 6.84. The second kappa shape index (κ2) is 8.84. The van der Waals surface area contributed by atoms with E-state index in [4.69, 9.17) is 4.84 Å². The van der Waals surface area contributed by atoms with Crippen molar-refractivity contribution in [2.75, 3.05) is 0 Å². The fourth-order valence-electron chi connectivity index (χ4n) is 3.68. The van der Waals surface area contributed by atoms with Crippen LogP contribution in [0.1, 0.15) is 22.3 Å². The molecule has 0 saturated heterocycles. The fourth-order valence-corrected chi connectivity index (χ4v) is 3.68. The SMILES string of the molecule is ON(OCc1ccccc1)C(c1ccccc1)(c1ccccc1)c1ccccc1. The lowest BCUT2D eigenvalue weighted by Gasteiger charge is -2.40. The fraction of sp³-hybridized carbons (Fsp3) is 0.0769. The van der Waals surface area contributed by atoms with Crippen molar-refractivity contribution in [3.63, 3.8) is 0 Å². The van der Waals surface area contributed by atoms with Crippen molar-refractivity contribution in [2.45, 2.75) is 12.1 Å². The van der Waals surface area contributed by atoms with Gasteiger partial charge < -0.3 is 0 Å². The highest BCUT2D eigenvalue weighted by Crippen LogP contribution is 2.41. The lowest BCUT2D eigenvalue weighted by Crippen LogP contribution is -2.46. The first-order valence-electron chi connectivity index (χ1n) is 9.64. The number of benzene rings is 4. The van der Waals surface area contributed by atoms with Crippen LogP contribution in [0.5, 0.6) is 0 Å². The van der Waals surface area contributed by atoms with E-state index in [0.717, 1.165) is 27.5 Å². The number of rotatable bonds is 7. The largest absolute Gasteiger partial charge is 0.288 e. The van der Waals surface area contributed by atoms with Crippen molar-refractivity contribution in [1.82, 2.24) is 5.23 Å². The summed E-state index contributed by atoms with van der Waals surface area (Å²) in [5.74, 6) is 0. The third-order valence-corrected chi connectivity index (χ3v) is 5.06. The van der Waals surface area contributed by atoms with Gasteiger partial charge in [-0.3, -0.25) is 10.0 Å². The zero-order chi connectivity index (χ0) is 19.9. The Hall–Kier alpha value is -3.24. The number of hydrogen-bond acceptors (Lipinski definition) is 3. The summed E-state index contributed by atoms with van der Waals surface area (Å²) in [6.07, 6.45) is 0. The van der Waals surface area contributed by atoms with Crippen LogP contribution in [0, 0.1) is 0 Å². The molecule has 0 radical (unpaired) electrons. The van der Waals surface area contributed by atoms with Crippen molar-refractivity contribution in [1.29, 1.82) is 0 Å². The molecule has 0 aliphatic heterocycles. The third kappa shape index (κ3) is 3.84. The molecular formula is C26H23NO2. The second-order valence-corrected chi connectivity index (χ2v) is 6.84. The Morgan fingerprint density at radius 1 is 0.552 bits per heavy atom. The van der Waals surface area contributed by atoms with Crippen LogP contribution in [-0.4, -0.2) is 10.4 Å². The minimum Gasteiger partial charge on any atom is -0.288 e. The standard InChI is InChI=1S/C26H23NO2/c28-27(29-21-22-13-5-1-6-14-22)26(23-15-7-2-8-16-23,24-17-9-3-10-18-24)25-19-11-4-12-20-25/h1-20,28H,21H2. The highest BCUT2D eigenvalue weighted by atomic mass is 16.9. The maximum atomic E-state index is 11.4. The Balaban J connectivity index is 1.85. The summed E-state index contributed by atoms with van der Waals surface area (Å²) in [6.45, 7) is 0.256. The molecular weight excluding hydrogens is 358 g/mol. The minimum atomic E-state index is -1.02. The van der Waals surface area contributed by atoms with E-state index in [9.17, 15) is 5.21 Å². The van der Waals surface area contributed by atoms with Gasteiger partial charge in [-0.05, 0) is 27.5 Å². The number of nitrogens with zero attached hydrogens (tertiary/aromatic N) is 1. The molecule has 0 aliphatic rings. The highest BCUT2D eigenvalue weighted by Gasteiger charge is 2.43. The lowest BCUT2D eigenvalue weighted by molar-refractivity contribution is -0.384. The Bertz CT molecular complexity index is 909. The number of hydroxylamine groups is 2. The summed E-state index contributed by atoms with van der Waals surface area (Å²) in [6, 6.07) is 39.6. The zero-order valence-corrected chi connectivity index (χ0v) is 16.1. The number of hydrogen-bond donors (Lipinski definition) is 1. The molecule has 0 saturated carbocycles. The molecule has 4 rings (SSSR count). The molecule has 0 aliphatic carbocycles. The molecule has 0 atom stereocenters. The van der Waals surface area contributed by atoms with Crippen LogP contribution in [-0.2, 0) is 17.0 Å². The minimum absolute atomic E-state index is 0.256. The molecule has 0 heterocycles. The Labute approximate surface area is 171 Å². The van der Waals surface area contributed by atoms with Gasteiger partial charge in [0.2, 0.25) is 0 Å². The molecule has 144 valence electrons. The third-order valence-electron chi connectivity index (χ3n) is 5.06. The van der Waals surface area contributed by atoms with Gasteiger partial charge in [0.1, 0.15) is 5.54 Å². The topological polar surface area (TPSA) is 32.7 Å². The van der Waals surface area contributed by atoms with Gasteiger partial charge in [-0.25, -0.2) is 0 Å². The van der Waals surface area contributed by atoms with Gasteiger partial charge in [-0.2, -0.15) is 0 Å². The van der Waals surface area contributed by atoms with Crippen LogP contribution in [0.15, 0.2) is 121 Å². The maximum absolute atomic E-state index is 11.4. The first-order chi connectivity index (χ1) is 14.3. The van der Waals surface area contributed by atoms with Gasteiger partial charge in [-0.1, -0.05) is 121 Å². The van der Waals surface area contributed by atoms with Gasteiger partial charge in [0, 0.05) is 0 Å². The predicted octanol–water partition coefficient (Wildman–Crippen LogP) is 5.80. The van der Waals surface area contributed by atoms with Crippen LogP contribution < -0.4 is 0 Å². The molecule has 0 amide bonds. The van der Waals surface area contributed by atoms with Crippen molar-refractivity contribution < 1.29 is 10.0 Å². The first kappa shape index (κ1) is 19.1. The average Bonchev–Trinajstić information content (AvgIpc) is 2.81. The predicted molar refractivity (Wildman–Crippen MR) is 114 cm³/mol. The lowest BCUT2D eigenvalue weighted by atomic mass is 9.77. The van der Waals surface area contributed by atoms with E-state index in [1.54, 1.807) is 0 Å². The van der Waals surface area contributed by atoms with E-state index in [1.807, 2.05) is 121 Å². The average molecular weight is 381 g/mol. The van der Waals surface area contributed by atoms with Crippen molar-refractivity contribution in [2.24, 2.45) is 0 Å². The monoisotopic (exact) mass is 381 g/mol. The van der Waals surface area contributed by atoms with Crippen molar-refractivity contribution in [3.05, 3.63) is 144 Å². The van der Waals surface area contributed by atoms with E-state index in [2.05, 4.69) is 0 Å². The summed E-state index contributed by atoms with van der Waals surface area (Å²) in [7, 11) is 0. The molecule has 29 heavy (non-hydrogen) atoms. The Kier molecular flexibility index (Phi) is 5.82. The van der Waals surface area contributed by atoms with Crippen molar-refractivity contribution >= 4 is 0 Å². The van der Waals surface area contributed by atoms with Crippen LogP contribution in [0.4, 0.5) is 0 Å². The Morgan fingerprint density at radius 3 is 1.28 bits per heavy atom. The van der Waals surface area contributed by atoms with Gasteiger partial charge >= 0.3 is 0 Å². The van der Waals surface area contributed by atoms with E-state index < -0.39 is 5.54 Å². The first-order valence-corrected chi connectivity index (χ1v) is 9.64. The normalized spacial score (nSPS) is 11.5. The molecule has 0 unspecified atom stereocenters. The van der Waals surface area contributed by atoms with E-state index in [-0.39, 0.29) is 6.61 Å². The van der Waals surface area contributed by atoms with E-state index in [0.29, 0.717) is 0 Å². The van der Waals surface area contributed by atoms with Gasteiger partial charge in [0.05, 0.1) is 6.61 Å². The van der Waals surface area contributed by atoms with Gasteiger partial charge in [0.25, 0.3) is 0 Å². The molecule has 1 N–H and O–H groups in total. The molecule has 4 aromatic rings.